The third-order valence-electron chi connectivity index (χ3n) is 0.518. The monoisotopic (exact) mass is 128 g/mol. The summed E-state index contributed by atoms with van der Waals surface area (Å²) in [6.07, 6.45) is 1.34. The number of nitriles is 1. The Kier molecular flexibility index (Phi) is 4.19. The number of allylic oxidation sites excluding steroid dienone is 1. The zero-order chi connectivity index (χ0) is 6.41. The zero-order valence-electron chi connectivity index (χ0n) is 4.72. The molecule has 0 rings (SSSR count). The van der Waals surface area contributed by atoms with Crippen molar-refractivity contribution in [3.05, 3.63) is 11.1 Å². The lowest BCUT2D eigenvalue weighted by atomic mass is 10.7. The molecule has 0 aromatic carbocycles. The van der Waals surface area contributed by atoms with E-state index in [1.165, 1.54) is 17.8 Å². The lowest BCUT2D eigenvalue weighted by molar-refractivity contribution is 1.47. The summed E-state index contributed by atoms with van der Waals surface area (Å²) < 4.78 is 0. The maximum atomic E-state index is 8.04. The summed E-state index contributed by atoms with van der Waals surface area (Å²) in [6.45, 7) is 1.99. The van der Waals surface area contributed by atoms with Crippen LogP contribution in [0.25, 0.3) is 0 Å². The molecule has 44 valence electrons. The molecule has 0 unspecified atom stereocenters. The first-order chi connectivity index (χ1) is 3.81. The van der Waals surface area contributed by atoms with Crippen molar-refractivity contribution in [3.8, 4) is 6.07 Å². The molecule has 0 radical (unpaired) electrons. The van der Waals surface area contributed by atoms with Crippen LogP contribution in [-0.2, 0) is 0 Å². The first-order valence-electron chi connectivity index (χ1n) is 2.29. The number of nitrogens with two attached hydrogens (primary N) is 1. The van der Waals surface area contributed by atoms with Gasteiger partial charge >= 0.3 is 0 Å². The smallest absolute Gasteiger partial charge is 0.0939 e. The van der Waals surface area contributed by atoms with Gasteiger partial charge in [-0.3, -0.25) is 0 Å². The van der Waals surface area contributed by atoms with E-state index in [9.17, 15) is 0 Å². The predicted molar refractivity (Wildman–Crippen MR) is 36.0 cm³/mol. The van der Waals surface area contributed by atoms with Crippen molar-refractivity contribution in [2.45, 2.75) is 6.92 Å². The van der Waals surface area contributed by atoms with Gasteiger partial charge in [0.1, 0.15) is 0 Å². The van der Waals surface area contributed by atoms with Gasteiger partial charge in [0.25, 0.3) is 0 Å². The molecule has 8 heavy (non-hydrogen) atoms. The minimum absolute atomic E-state index is 0.593. The third-order valence-corrected chi connectivity index (χ3v) is 1.26. The van der Waals surface area contributed by atoms with Crippen molar-refractivity contribution in [3.63, 3.8) is 0 Å². The Hall–Kier alpha value is -0.620. The fourth-order valence-corrected chi connectivity index (χ4v) is 0.741. The summed E-state index contributed by atoms with van der Waals surface area (Å²) in [7, 11) is 0. The van der Waals surface area contributed by atoms with Crippen LogP contribution < -0.4 is 5.73 Å². The van der Waals surface area contributed by atoms with Crippen LogP contribution in [-0.4, -0.2) is 5.75 Å². The topological polar surface area (TPSA) is 49.8 Å². The van der Waals surface area contributed by atoms with Crippen molar-refractivity contribution in [2.75, 3.05) is 5.75 Å². The van der Waals surface area contributed by atoms with E-state index in [0.29, 0.717) is 5.03 Å². The van der Waals surface area contributed by atoms with E-state index in [2.05, 4.69) is 0 Å². The fourth-order valence-electron chi connectivity index (χ4n) is 0.272. The standard InChI is InChI=1S/C5H8N2S/c1-2-8-5(7)3-4-6/h3H,2,7H2,1H3/b5-3+. The Morgan fingerprint density at radius 3 is 3.00 bits per heavy atom. The molecule has 0 aliphatic rings. The summed E-state index contributed by atoms with van der Waals surface area (Å²) >= 11 is 1.47. The molecule has 0 aliphatic heterocycles. The summed E-state index contributed by atoms with van der Waals surface area (Å²) in [5.74, 6) is 0.921. The predicted octanol–water partition coefficient (Wildman–Crippen LogP) is 1.06. The van der Waals surface area contributed by atoms with Gasteiger partial charge in [-0.2, -0.15) is 5.26 Å². The SMILES string of the molecule is CCS/C(N)=C/C#N. The minimum Gasteiger partial charge on any atom is -0.393 e. The van der Waals surface area contributed by atoms with E-state index in [-0.39, 0.29) is 0 Å². The molecular formula is C5H8N2S. The highest BCUT2D eigenvalue weighted by molar-refractivity contribution is 8.02. The van der Waals surface area contributed by atoms with E-state index < -0.39 is 0 Å². The van der Waals surface area contributed by atoms with Crippen LogP contribution in [0.5, 0.6) is 0 Å². The van der Waals surface area contributed by atoms with E-state index in [0.717, 1.165) is 5.75 Å². The Morgan fingerprint density at radius 2 is 2.62 bits per heavy atom. The highest BCUT2D eigenvalue weighted by Crippen LogP contribution is 2.06. The second kappa shape index (κ2) is 4.54. The quantitative estimate of drug-likeness (QED) is 0.566. The van der Waals surface area contributed by atoms with Gasteiger partial charge in [0.15, 0.2) is 0 Å². The van der Waals surface area contributed by atoms with Crippen LogP contribution >= 0.6 is 11.8 Å². The maximum Gasteiger partial charge on any atom is 0.0939 e. The zero-order valence-corrected chi connectivity index (χ0v) is 5.53. The molecular weight excluding hydrogens is 120 g/mol. The number of thioether (sulfide) groups is 1. The molecule has 0 aromatic rings. The van der Waals surface area contributed by atoms with Gasteiger partial charge in [-0.1, -0.05) is 6.92 Å². The van der Waals surface area contributed by atoms with E-state index >= 15 is 0 Å². The minimum atomic E-state index is 0.593. The summed E-state index contributed by atoms with van der Waals surface area (Å²) in [5, 5.41) is 8.64. The van der Waals surface area contributed by atoms with E-state index in [1.807, 2.05) is 13.0 Å². The van der Waals surface area contributed by atoms with Gasteiger partial charge < -0.3 is 5.73 Å². The fraction of sp³-hybridized carbons (Fsp3) is 0.400. The van der Waals surface area contributed by atoms with Crippen LogP contribution in [0.2, 0.25) is 0 Å². The Morgan fingerprint density at radius 1 is 2.00 bits per heavy atom. The van der Waals surface area contributed by atoms with Gasteiger partial charge in [-0.15, -0.1) is 11.8 Å². The largest absolute Gasteiger partial charge is 0.393 e. The lowest BCUT2D eigenvalue weighted by Crippen LogP contribution is -1.90. The molecule has 0 fully saturated rings. The van der Waals surface area contributed by atoms with Crippen molar-refractivity contribution < 1.29 is 0 Å². The number of hydrogen-bond donors (Lipinski definition) is 1. The molecule has 0 aliphatic carbocycles. The highest BCUT2D eigenvalue weighted by atomic mass is 32.2. The van der Waals surface area contributed by atoms with Crippen molar-refractivity contribution in [1.82, 2.24) is 0 Å². The molecule has 0 bridgehead atoms. The molecule has 0 aromatic heterocycles. The second-order valence-corrected chi connectivity index (χ2v) is 2.45. The average molecular weight is 128 g/mol. The number of nitrogens with zero attached hydrogens (tertiary/aromatic N) is 1. The van der Waals surface area contributed by atoms with E-state index in [1.54, 1.807) is 0 Å². The Balaban J connectivity index is 3.49. The van der Waals surface area contributed by atoms with Crippen molar-refractivity contribution >= 4 is 11.8 Å². The van der Waals surface area contributed by atoms with Gasteiger partial charge in [-0.05, 0) is 5.75 Å². The van der Waals surface area contributed by atoms with Crippen molar-refractivity contribution in [2.24, 2.45) is 5.73 Å². The normalized spacial score (nSPS) is 10.8. The molecule has 0 atom stereocenters. The summed E-state index contributed by atoms with van der Waals surface area (Å²) in [5.41, 5.74) is 5.30. The maximum absolute atomic E-state index is 8.04. The molecule has 0 saturated carbocycles. The second-order valence-electron chi connectivity index (χ2n) is 1.11. The Bertz CT molecular complexity index is 123. The first kappa shape index (κ1) is 7.38. The van der Waals surface area contributed by atoms with E-state index in [4.69, 9.17) is 11.0 Å². The molecule has 0 saturated heterocycles. The van der Waals surface area contributed by atoms with Crippen LogP contribution in [0.1, 0.15) is 6.92 Å². The summed E-state index contributed by atoms with van der Waals surface area (Å²) in [6, 6.07) is 1.84. The Labute approximate surface area is 53.4 Å². The molecule has 0 spiro atoms. The molecule has 0 heterocycles. The van der Waals surface area contributed by atoms with Crippen LogP contribution in [0.15, 0.2) is 11.1 Å². The summed E-state index contributed by atoms with van der Waals surface area (Å²) in [4.78, 5) is 0. The van der Waals surface area contributed by atoms with Crippen LogP contribution in [0, 0.1) is 11.3 Å². The number of hydrogen-bond acceptors (Lipinski definition) is 3. The third kappa shape index (κ3) is 3.57. The van der Waals surface area contributed by atoms with Gasteiger partial charge in [0, 0.05) is 6.08 Å². The van der Waals surface area contributed by atoms with Crippen LogP contribution in [0.3, 0.4) is 0 Å². The molecule has 2 N–H and O–H groups in total. The highest BCUT2D eigenvalue weighted by Gasteiger charge is 1.83. The molecule has 2 nitrogen and oxygen atoms in total. The lowest BCUT2D eigenvalue weighted by Gasteiger charge is -1.90. The van der Waals surface area contributed by atoms with Gasteiger partial charge in [0.2, 0.25) is 0 Å². The number of rotatable bonds is 2. The first-order valence-corrected chi connectivity index (χ1v) is 3.28. The molecule has 3 heteroatoms. The van der Waals surface area contributed by atoms with Crippen molar-refractivity contribution in [1.29, 1.82) is 5.26 Å². The van der Waals surface area contributed by atoms with Crippen LogP contribution in [0.4, 0.5) is 0 Å². The average Bonchev–Trinajstić information content (AvgIpc) is 1.68. The molecule has 0 amide bonds. The van der Waals surface area contributed by atoms with Gasteiger partial charge in [-0.25, -0.2) is 0 Å². The van der Waals surface area contributed by atoms with Gasteiger partial charge in [0.05, 0.1) is 11.1 Å².